The molecule has 174 valence electrons. The number of para-hydroxylation sites is 1. The highest BCUT2D eigenvalue weighted by Gasteiger charge is 2.22. The van der Waals surface area contributed by atoms with Crippen molar-refractivity contribution in [2.75, 3.05) is 13.2 Å². The molecule has 1 amide bonds. The van der Waals surface area contributed by atoms with Gasteiger partial charge in [0.2, 0.25) is 11.8 Å². The molecule has 0 bridgehead atoms. The van der Waals surface area contributed by atoms with Crippen LogP contribution in [0.5, 0.6) is 0 Å². The number of pyridine rings is 1. The van der Waals surface area contributed by atoms with Crippen molar-refractivity contribution >= 4 is 40.2 Å². The molecule has 34 heavy (non-hydrogen) atoms. The predicted octanol–water partition coefficient (Wildman–Crippen LogP) is 5.38. The molecule has 3 heterocycles. The highest BCUT2D eigenvalue weighted by atomic mass is 35.5. The minimum absolute atomic E-state index is 0.0837. The molecular weight excluding hydrogens is 472 g/mol. The number of benzene rings is 2. The van der Waals surface area contributed by atoms with E-state index in [-0.39, 0.29) is 17.3 Å². The zero-order valence-corrected chi connectivity index (χ0v) is 20.1. The standard InChI is InChI=1S/C25H23ClN4O3S/c1-15(23(31)27-14-18-5-4-12-32-18)34-25-30-29-24(33-25)20-13-22(16-8-10-17(26)11-9-16)28-21-7-3-2-6-19(20)21/h2-3,6-11,13,15,18H,4-5,12,14H2,1H3,(H,27,31)/t15-,18+/m1/s1. The van der Waals surface area contributed by atoms with Crippen LogP contribution in [0.3, 0.4) is 0 Å². The Balaban J connectivity index is 1.37. The Kier molecular flexibility index (Phi) is 6.80. The first kappa shape index (κ1) is 22.8. The topological polar surface area (TPSA) is 90.1 Å². The van der Waals surface area contributed by atoms with Gasteiger partial charge in [0.05, 0.1) is 28.1 Å². The molecule has 2 atom stereocenters. The van der Waals surface area contributed by atoms with Crippen LogP contribution in [0.1, 0.15) is 19.8 Å². The number of nitrogens with zero attached hydrogens (tertiary/aromatic N) is 3. The molecular formula is C25H23ClN4O3S. The number of hydrogen-bond acceptors (Lipinski definition) is 7. The van der Waals surface area contributed by atoms with Crippen molar-refractivity contribution in [2.45, 2.75) is 36.3 Å². The van der Waals surface area contributed by atoms with E-state index in [4.69, 9.17) is 25.7 Å². The Bertz CT molecular complexity index is 1310. The second-order valence-corrected chi connectivity index (χ2v) is 9.82. The van der Waals surface area contributed by atoms with E-state index in [1.54, 1.807) is 0 Å². The number of amides is 1. The molecule has 2 aromatic carbocycles. The maximum Gasteiger partial charge on any atom is 0.277 e. The van der Waals surface area contributed by atoms with Gasteiger partial charge >= 0.3 is 0 Å². The van der Waals surface area contributed by atoms with Gasteiger partial charge in [-0.3, -0.25) is 4.79 Å². The number of aromatic nitrogens is 3. The summed E-state index contributed by atoms with van der Waals surface area (Å²) in [7, 11) is 0. The molecule has 1 N–H and O–H groups in total. The fourth-order valence-corrected chi connectivity index (χ4v) is 4.69. The van der Waals surface area contributed by atoms with E-state index in [0.717, 1.165) is 47.2 Å². The largest absolute Gasteiger partial charge is 0.411 e. The zero-order valence-electron chi connectivity index (χ0n) is 18.5. The van der Waals surface area contributed by atoms with E-state index in [1.807, 2.05) is 61.5 Å². The molecule has 5 rings (SSSR count). The summed E-state index contributed by atoms with van der Waals surface area (Å²) in [5.74, 6) is 0.294. The number of fused-ring (bicyclic) bond motifs is 1. The second-order valence-electron chi connectivity index (χ2n) is 8.09. The summed E-state index contributed by atoms with van der Waals surface area (Å²) in [4.78, 5) is 17.3. The van der Waals surface area contributed by atoms with Crippen LogP contribution in [0, 0.1) is 0 Å². The molecule has 0 aliphatic carbocycles. The summed E-state index contributed by atoms with van der Waals surface area (Å²) in [5, 5.41) is 12.9. The van der Waals surface area contributed by atoms with Gasteiger partial charge in [-0.15, -0.1) is 10.2 Å². The molecule has 2 aromatic heterocycles. The highest BCUT2D eigenvalue weighted by Crippen LogP contribution is 2.33. The van der Waals surface area contributed by atoms with Crippen molar-refractivity contribution in [2.24, 2.45) is 0 Å². The van der Waals surface area contributed by atoms with Crippen molar-refractivity contribution in [1.82, 2.24) is 20.5 Å². The van der Waals surface area contributed by atoms with Crippen LogP contribution in [0.15, 0.2) is 64.2 Å². The van der Waals surface area contributed by atoms with Crippen LogP contribution in [0.25, 0.3) is 33.6 Å². The van der Waals surface area contributed by atoms with Crippen LogP contribution < -0.4 is 5.32 Å². The van der Waals surface area contributed by atoms with E-state index in [1.165, 1.54) is 11.8 Å². The van der Waals surface area contributed by atoms with Crippen LogP contribution in [-0.2, 0) is 9.53 Å². The summed E-state index contributed by atoms with van der Waals surface area (Å²) < 4.78 is 11.5. The van der Waals surface area contributed by atoms with Gasteiger partial charge in [0.15, 0.2) is 0 Å². The van der Waals surface area contributed by atoms with Crippen LogP contribution >= 0.6 is 23.4 Å². The molecule has 9 heteroatoms. The Morgan fingerprint density at radius 3 is 2.82 bits per heavy atom. The lowest BCUT2D eigenvalue weighted by Crippen LogP contribution is -2.36. The first-order valence-electron chi connectivity index (χ1n) is 11.1. The third-order valence-corrected chi connectivity index (χ3v) is 6.85. The quantitative estimate of drug-likeness (QED) is 0.345. The third kappa shape index (κ3) is 5.09. The molecule has 0 unspecified atom stereocenters. The van der Waals surface area contributed by atoms with Gasteiger partial charge in [0.1, 0.15) is 0 Å². The van der Waals surface area contributed by atoms with Crippen molar-refractivity contribution in [3.8, 4) is 22.7 Å². The maximum atomic E-state index is 12.5. The number of rotatable bonds is 7. The molecule has 1 aliphatic heterocycles. The minimum atomic E-state index is -0.381. The monoisotopic (exact) mass is 494 g/mol. The average Bonchev–Trinajstić information content (AvgIpc) is 3.54. The third-order valence-electron chi connectivity index (χ3n) is 5.67. The summed E-state index contributed by atoms with van der Waals surface area (Å²) in [6.07, 6.45) is 2.12. The lowest BCUT2D eigenvalue weighted by molar-refractivity contribution is -0.120. The Hall–Kier alpha value is -2.94. The fraction of sp³-hybridized carbons (Fsp3) is 0.280. The number of thioether (sulfide) groups is 1. The van der Waals surface area contributed by atoms with Crippen molar-refractivity contribution in [1.29, 1.82) is 0 Å². The molecule has 4 aromatic rings. The Morgan fingerprint density at radius 2 is 2.03 bits per heavy atom. The number of halogens is 1. The Labute approximate surface area is 206 Å². The second kappa shape index (κ2) is 10.1. The Morgan fingerprint density at radius 1 is 1.21 bits per heavy atom. The summed E-state index contributed by atoms with van der Waals surface area (Å²) in [5.41, 5.74) is 3.31. The number of nitrogens with one attached hydrogen (secondary N) is 1. The van der Waals surface area contributed by atoms with Crippen molar-refractivity contribution in [3.63, 3.8) is 0 Å². The average molecular weight is 495 g/mol. The van der Waals surface area contributed by atoms with Gasteiger partial charge in [0.25, 0.3) is 5.22 Å². The fourth-order valence-electron chi connectivity index (χ4n) is 3.86. The van der Waals surface area contributed by atoms with E-state index < -0.39 is 0 Å². The van der Waals surface area contributed by atoms with Crippen LogP contribution in [-0.4, -0.2) is 45.6 Å². The van der Waals surface area contributed by atoms with Gasteiger partial charge in [-0.1, -0.05) is 53.7 Å². The normalized spacial score (nSPS) is 16.6. The lowest BCUT2D eigenvalue weighted by atomic mass is 10.0. The molecule has 0 radical (unpaired) electrons. The smallest absolute Gasteiger partial charge is 0.277 e. The van der Waals surface area contributed by atoms with E-state index in [0.29, 0.717) is 22.7 Å². The first-order valence-corrected chi connectivity index (χ1v) is 12.4. The van der Waals surface area contributed by atoms with Gasteiger partial charge in [-0.2, -0.15) is 0 Å². The summed E-state index contributed by atoms with van der Waals surface area (Å²) in [6, 6.07) is 17.3. The van der Waals surface area contributed by atoms with Crippen molar-refractivity contribution in [3.05, 3.63) is 59.6 Å². The van der Waals surface area contributed by atoms with E-state index in [2.05, 4.69) is 15.5 Å². The predicted molar refractivity (Wildman–Crippen MR) is 133 cm³/mol. The number of hydrogen-bond donors (Lipinski definition) is 1. The van der Waals surface area contributed by atoms with Gasteiger partial charge < -0.3 is 14.5 Å². The zero-order chi connectivity index (χ0) is 23.5. The SMILES string of the molecule is C[C@@H](Sc1nnc(-c2cc(-c3ccc(Cl)cc3)nc3ccccc23)o1)C(=O)NC[C@@H]1CCCO1. The minimum Gasteiger partial charge on any atom is -0.411 e. The molecule has 0 spiro atoms. The lowest BCUT2D eigenvalue weighted by Gasteiger charge is -2.13. The van der Waals surface area contributed by atoms with E-state index >= 15 is 0 Å². The highest BCUT2D eigenvalue weighted by molar-refractivity contribution is 8.00. The summed E-state index contributed by atoms with van der Waals surface area (Å²) >= 11 is 7.28. The van der Waals surface area contributed by atoms with Crippen molar-refractivity contribution < 1.29 is 13.9 Å². The van der Waals surface area contributed by atoms with Crippen LogP contribution in [0.2, 0.25) is 5.02 Å². The van der Waals surface area contributed by atoms with E-state index in [9.17, 15) is 4.79 Å². The molecule has 1 fully saturated rings. The summed E-state index contributed by atoms with van der Waals surface area (Å²) in [6.45, 7) is 3.11. The maximum absolute atomic E-state index is 12.5. The molecule has 1 aliphatic rings. The van der Waals surface area contributed by atoms with Gasteiger partial charge in [-0.25, -0.2) is 4.98 Å². The molecule has 0 saturated carbocycles. The van der Waals surface area contributed by atoms with Gasteiger partial charge in [0, 0.05) is 29.1 Å². The van der Waals surface area contributed by atoms with Gasteiger partial charge in [-0.05, 0) is 44.0 Å². The molecule has 1 saturated heterocycles. The molecule has 7 nitrogen and oxygen atoms in total. The van der Waals surface area contributed by atoms with Crippen LogP contribution in [0.4, 0.5) is 0 Å². The first-order chi connectivity index (χ1) is 16.6. The number of ether oxygens (including phenoxy) is 1. The number of carbonyl (C=O) groups excluding carboxylic acids is 1. The number of carbonyl (C=O) groups is 1.